The minimum Gasteiger partial charge on any atom is -0.497 e. The number of rotatable bonds is 11. The Labute approximate surface area is 179 Å². The van der Waals surface area contributed by atoms with Gasteiger partial charge in [0.1, 0.15) is 18.1 Å². The summed E-state index contributed by atoms with van der Waals surface area (Å²) in [6.45, 7) is 4.43. The number of carbonyl (C=O) groups excluding carboxylic acids is 1. The summed E-state index contributed by atoms with van der Waals surface area (Å²) in [5, 5.41) is 2.88. The van der Waals surface area contributed by atoms with Crippen molar-refractivity contribution in [1.82, 2.24) is 5.32 Å². The fraction of sp³-hybridized carbons (Fsp3) is 0.409. The molecular weight excluding hydrogens is 404 g/mol. The van der Waals surface area contributed by atoms with Crippen LogP contribution >= 0.6 is 0 Å². The van der Waals surface area contributed by atoms with Gasteiger partial charge in [-0.25, -0.2) is 8.42 Å². The van der Waals surface area contributed by atoms with Crippen molar-refractivity contribution in [1.29, 1.82) is 0 Å². The predicted octanol–water partition coefficient (Wildman–Crippen LogP) is 3.13. The van der Waals surface area contributed by atoms with Crippen molar-refractivity contribution in [3.05, 3.63) is 54.1 Å². The molecule has 0 heterocycles. The highest BCUT2D eigenvalue weighted by molar-refractivity contribution is 7.92. The molecule has 0 saturated carbocycles. The second-order valence-electron chi connectivity index (χ2n) is 7.23. The summed E-state index contributed by atoms with van der Waals surface area (Å²) in [6.07, 6.45) is 1.75. The molecule has 2 aromatic rings. The number of hydrogen-bond acceptors (Lipinski definition) is 5. The van der Waals surface area contributed by atoms with Crippen molar-refractivity contribution < 1.29 is 22.7 Å². The van der Waals surface area contributed by atoms with Crippen molar-refractivity contribution >= 4 is 21.6 Å². The van der Waals surface area contributed by atoms with Crippen molar-refractivity contribution in [3.8, 4) is 11.5 Å². The van der Waals surface area contributed by atoms with Crippen LogP contribution in [0, 0.1) is 6.92 Å². The second-order valence-corrected chi connectivity index (χ2v) is 9.14. The highest BCUT2D eigenvalue weighted by atomic mass is 32.2. The quantitative estimate of drug-likeness (QED) is 0.587. The van der Waals surface area contributed by atoms with E-state index in [1.165, 1.54) is 11.4 Å². The van der Waals surface area contributed by atoms with Crippen LogP contribution in [0.15, 0.2) is 48.5 Å². The maximum atomic E-state index is 12.2. The van der Waals surface area contributed by atoms with Gasteiger partial charge in [-0.15, -0.1) is 0 Å². The van der Waals surface area contributed by atoms with E-state index in [0.29, 0.717) is 24.5 Å². The number of anilines is 1. The molecule has 0 fully saturated rings. The second kappa shape index (κ2) is 10.9. The normalized spacial score (nSPS) is 12.1. The molecule has 7 nitrogen and oxygen atoms in total. The summed E-state index contributed by atoms with van der Waals surface area (Å²) in [5.41, 5.74) is 1.66. The van der Waals surface area contributed by atoms with Gasteiger partial charge < -0.3 is 14.8 Å². The number of aryl methyl sites for hydroxylation is 1. The largest absolute Gasteiger partial charge is 0.497 e. The summed E-state index contributed by atoms with van der Waals surface area (Å²) in [7, 11) is -1.95. The van der Waals surface area contributed by atoms with Gasteiger partial charge in [-0.1, -0.05) is 23.8 Å². The van der Waals surface area contributed by atoms with Crippen LogP contribution in [-0.4, -0.2) is 46.9 Å². The van der Waals surface area contributed by atoms with E-state index in [9.17, 15) is 13.2 Å². The molecule has 0 aliphatic carbocycles. The maximum Gasteiger partial charge on any atom is 0.232 e. The first-order chi connectivity index (χ1) is 14.2. The Morgan fingerprint density at radius 1 is 1.13 bits per heavy atom. The minimum absolute atomic E-state index is 0.144. The Hall–Kier alpha value is -2.74. The van der Waals surface area contributed by atoms with Gasteiger partial charge in [0.15, 0.2) is 0 Å². The molecule has 8 heteroatoms. The van der Waals surface area contributed by atoms with Gasteiger partial charge >= 0.3 is 0 Å². The van der Waals surface area contributed by atoms with E-state index >= 15 is 0 Å². The van der Waals surface area contributed by atoms with Gasteiger partial charge in [0.2, 0.25) is 15.9 Å². The van der Waals surface area contributed by atoms with Crippen LogP contribution < -0.4 is 19.1 Å². The van der Waals surface area contributed by atoms with E-state index in [0.717, 1.165) is 17.6 Å². The highest BCUT2D eigenvalue weighted by Crippen LogP contribution is 2.23. The number of benzene rings is 2. The third-order valence-corrected chi connectivity index (χ3v) is 5.63. The minimum atomic E-state index is -3.48. The van der Waals surface area contributed by atoms with Gasteiger partial charge in [0.05, 0.1) is 25.1 Å². The van der Waals surface area contributed by atoms with E-state index in [1.54, 1.807) is 24.3 Å². The lowest BCUT2D eigenvalue weighted by Crippen LogP contribution is -2.37. The zero-order valence-corrected chi connectivity index (χ0v) is 18.7. The first-order valence-corrected chi connectivity index (χ1v) is 11.6. The molecule has 0 aromatic heterocycles. The molecule has 0 aliphatic heterocycles. The molecule has 0 unspecified atom stereocenters. The van der Waals surface area contributed by atoms with Gasteiger partial charge in [0, 0.05) is 19.0 Å². The summed E-state index contributed by atoms with van der Waals surface area (Å²) < 4.78 is 36.5. The predicted molar refractivity (Wildman–Crippen MR) is 119 cm³/mol. The summed E-state index contributed by atoms with van der Waals surface area (Å²) in [4.78, 5) is 12.2. The standard InChI is InChI=1S/C22H30N2O5S/c1-17-10-12-20(13-11-17)29-16-18(2)23-22(25)9-6-14-24(30(4,26)27)19-7-5-8-21(15-19)28-3/h5,7-8,10-13,15,18H,6,9,14,16H2,1-4H3,(H,23,25)/t18-/m1/s1. The molecule has 164 valence electrons. The lowest BCUT2D eigenvalue weighted by Gasteiger charge is -2.23. The third-order valence-electron chi connectivity index (χ3n) is 4.44. The number of amides is 1. The van der Waals surface area contributed by atoms with Gasteiger partial charge in [-0.2, -0.15) is 0 Å². The Morgan fingerprint density at radius 2 is 1.83 bits per heavy atom. The van der Waals surface area contributed by atoms with E-state index < -0.39 is 10.0 Å². The average Bonchev–Trinajstić information content (AvgIpc) is 2.70. The maximum absolute atomic E-state index is 12.2. The molecule has 0 bridgehead atoms. The molecule has 1 N–H and O–H groups in total. The van der Waals surface area contributed by atoms with E-state index in [4.69, 9.17) is 9.47 Å². The van der Waals surface area contributed by atoms with Crippen molar-refractivity contribution in [2.45, 2.75) is 32.7 Å². The fourth-order valence-electron chi connectivity index (χ4n) is 2.88. The smallest absolute Gasteiger partial charge is 0.232 e. The number of nitrogens with one attached hydrogen (secondary N) is 1. The zero-order chi connectivity index (χ0) is 22.1. The first-order valence-electron chi connectivity index (χ1n) is 9.79. The van der Waals surface area contributed by atoms with E-state index in [-0.39, 0.29) is 24.9 Å². The van der Waals surface area contributed by atoms with Crippen LogP contribution in [0.2, 0.25) is 0 Å². The Morgan fingerprint density at radius 3 is 2.47 bits per heavy atom. The monoisotopic (exact) mass is 434 g/mol. The topological polar surface area (TPSA) is 84.9 Å². The third kappa shape index (κ3) is 7.59. The first kappa shape index (κ1) is 23.5. The van der Waals surface area contributed by atoms with Crippen LogP contribution in [0.4, 0.5) is 5.69 Å². The number of nitrogens with zero attached hydrogens (tertiary/aromatic N) is 1. The van der Waals surface area contributed by atoms with Crippen LogP contribution in [0.1, 0.15) is 25.3 Å². The van der Waals surface area contributed by atoms with Gasteiger partial charge in [-0.05, 0) is 44.5 Å². The van der Waals surface area contributed by atoms with Crippen molar-refractivity contribution in [2.75, 3.05) is 30.8 Å². The van der Waals surface area contributed by atoms with Gasteiger partial charge in [0.25, 0.3) is 0 Å². The number of ether oxygens (including phenoxy) is 2. The van der Waals surface area contributed by atoms with E-state index in [1.807, 2.05) is 38.1 Å². The van der Waals surface area contributed by atoms with Crippen molar-refractivity contribution in [3.63, 3.8) is 0 Å². The number of sulfonamides is 1. The molecule has 1 amide bonds. The molecule has 2 rings (SSSR count). The Bertz CT molecular complexity index is 929. The molecular formula is C22H30N2O5S. The van der Waals surface area contributed by atoms with E-state index in [2.05, 4.69) is 5.32 Å². The lowest BCUT2D eigenvalue weighted by molar-refractivity contribution is -0.121. The van der Waals surface area contributed by atoms with Crippen LogP contribution in [0.5, 0.6) is 11.5 Å². The molecule has 0 radical (unpaired) electrons. The highest BCUT2D eigenvalue weighted by Gasteiger charge is 2.18. The zero-order valence-electron chi connectivity index (χ0n) is 17.9. The number of carbonyl (C=O) groups is 1. The molecule has 0 spiro atoms. The Balaban J connectivity index is 1.82. The van der Waals surface area contributed by atoms with Crippen LogP contribution in [0.25, 0.3) is 0 Å². The fourth-order valence-corrected chi connectivity index (χ4v) is 3.84. The summed E-state index contributed by atoms with van der Waals surface area (Å²) in [6, 6.07) is 14.4. The van der Waals surface area contributed by atoms with Crippen LogP contribution in [-0.2, 0) is 14.8 Å². The summed E-state index contributed by atoms with van der Waals surface area (Å²) in [5.74, 6) is 1.18. The molecule has 30 heavy (non-hydrogen) atoms. The molecule has 0 aliphatic rings. The number of methoxy groups -OCH3 is 1. The molecule has 2 aromatic carbocycles. The molecule has 1 atom stereocenters. The average molecular weight is 435 g/mol. The van der Waals surface area contributed by atoms with Crippen molar-refractivity contribution in [2.24, 2.45) is 0 Å². The SMILES string of the molecule is COc1cccc(N(CCCC(=O)N[C@H](C)COc2ccc(C)cc2)S(C)(=O)=O)c1. The van der Waals surface area contributed by atoms with Crippen LogP contribution in [0.3, 0.4) is 0 Å². The molecule has 0 saturated heterocycles. The lowest BCUT2D eigenvalue weighted by atomic mass is 10.2. The number of hydrogen-bond donors (Lipinski definition) is 1. The Kier molecular flexibility index (Phi) is 8.53. The van der Waals surface area contributed by atoms with Gasteiger partial charge in [-0.3, -0.25) is 9.10 Å². The summed E-state index contributed by atoms with van der Waals surface area (Å²) >= 11 is 0.